The van der Waals surface area contributed by atoms with Gasteiger partial charge in [0.15, 0.2) is 0 Å². The first-order valence-corrected chi connectivity index (χ1v) is 8.77. The fraction of sp³-hybridized carbons (Fsp3) is 0.684. The zero-order valence-electron chi connectivity index (χ0n) is 14.0. The molecule has 1 aliphatic rings. The molecule has 0 bridgehead atoms. The minimum Gasteiger partial charge on any atom is -0.312 e. The average Bonchev–Trinajstić information content (AvgIpc) is 2.44. The Morgan fingerprint density at radius 1 is 1.24 bits per heavy atom. The third-order valence-corrected chi connectivity index (χ3v) is 5.09. The third-order valence-electron chi connectivity index (χ3n) is 4.85. The second-order valence-electron chi connectivity index (χ2n) is 7.64. The number of hydrogen-bond donors (Lipinski definition) is 1. The monoisotopic (exact) mass is 307 g/mol. The summed E-state index contributed by atoms with van der Waals surface area (Å²) < 4.78 is 0. The van der Waals surface area contributed by atoms with Crippen molar-refractivity contribution in [2.24, 2.45) is 11.8 Å². The molecule has 0 saturated heterocycles. The minimum absolute atomic E-state index is 0.195. The van der Waals surface area contributed by atoms with Gasteiger partial charge in [-0.1, -0.05) is 43.5 Å². The first-order valence-electron chi connectivity index (χ1n) is 8.39. The summed E-state index contributed by atoms with van der Waals surface area (Å²) in [7, 11) is 0. The van der Waals surface area contributed by atoms with Crippen molar-refractivity contribution in [2.45, 2.75) is 64.8 Å². The standard InChI is InChI=1S/C19H30ClN/c1-5-14-9-10-16(13-21-19(2,3)4)18(11-14)15-7-6-8-17(20)12-15/h6-8,12,14,16,18,21H,5,9-11,13H2,1-4H3. The van der Waals surface area contributed by atoms with Crippen molar-refractivity contribution in [1.29, 1.82) is 0 Å². The molecular formula is C19H30ClN. The Kier molecular flexibility index (Phi) is 5.73. The molecule has 0 spiro atoms. The van der Waals surface area contributed by atoms with E-state index in [1.807, 2.05) is 6.07 Å². The van der Waals surface area contributed by atoms with E-state index in [-0.39, 0.29) is 5.54 Å². The van der Waals surface area contributed by atoms with Crippen LogP contribution in [0.2, 0.25) is 5.02 Å². The van der Waals surface area contributed by atoms with Crippen LogP contribution in [0.25, 0.3) is 0 Å². The quantitative estimate of drug-likeness (QED) is 0.759. The smallest absolute Gasteiger partial charge is 0.0408 e. The molecule has 0 aliphatic heterocycles. The Morgan fingerprint density at radius 3 is 2.62 bits per heavy atom. The van der Waals surface area contributed by atoms with Gasteiger partial charge in [0.1, 0.15) is 0 Å². The van der Waals surface area contributed by atoms with Gasteiger partial charge in [-0.2, -0.15) is 0 Å². The van der Waals surface area contributed by atoms with E-state index in [2.05, 4.69) is 51.2 Å². The highest BCUT2D eigenvalue weighted by Crippen LogP contribution is 2.42. The Balaban J connectivity index is 2.13. The van der Waals surface area contributed by atoms with Crippen molar-refractivity contribution in [3.05, 3.63) is 34.9 Å². The van der Waals surface area contributed by atoms with E-state index in [1.54, 1.807) is 0 Å². The van der Waals surface area contributed by atoms with Crippen LogP contribution in [0.15, 0.2) is 24.3 Å². The van der Waals surface area contributed by atoms with Gasteiger partial charge in [-0.25, -0.2) is 0 Å². The highest BCUT2D eigenvalue weighted by Gasteiger charge is 2.31. The first kappa shape index (κ1) is 16.8. The van der Waals surface area contributed by atoms with Crippen LogP contribution in [0.3, 0.4) is 0 Å². The zero-order chi connectivity index (χ0) is 15.5. The predicted octanol–water partition coefficient (Wildman–Crippen LogP) is 5.64. The largest absolute Gasteiger partial charge is 0.312 e. The van der Waals surface area contributed by atoms with E-state index in [1.165, 1.54) is 31.2 Å². The lowest BCUT2D eigenvalue weighted by atomic mass is 9.70. The van der Waals surface area contributed by atoms with E-state index in [4.69, 9.17) is 11.6 Å². The van der Waals surface area contributed by atoms with Gasteiger partial charge in [-0.05, 0) is 75.6 Å². The minimum atomic E-state index is 0.195. The van der Waals surface area contributed by atoms with Gasteiger partial charge in [-0.3, -0.25) is 0 Å². The highest BCUT2D eigenvalue weighted by molar-refractivity contribution is 6.30. The normalized spacial score (nSPS) is 26.8. The average molecular weight is 308 g/mol. The molecule has 0 aromatic heterocycles. The molecule has 1 N–H and O–H groups in total. The fourth-order valence-electron chi connectivity index (χ4n) is 3.52. The molecule has 0 heterocycles. The van der Waals surface area contributed by atoms with E-state index >= 15 is 0 Å². The second-order valence-corrected chi connectivity index (χ2v) is 8.08. The summed E-state index contributed by atoms with van der Waals surface area (Å²) in [5.74, 6) is 2.25. The maximum Gasteiger partial charge on any atom is 0.0408 e. The molecular weight excluding hydrogens is 278 g/mol. The summed E-state index contributed by atoms with van der Waals surface area (Å²) in [5, 5.41) is 4.57. The fourth-order valence-corrected chi connectivity index (χ4v) is 3.72. The van der Waals surface area contributed by atoms with Crippen LogP contribution in [0.4, 0.5) is 0 Å². The van der Waals surface area contributed by atoms with E-state index in [9.17, 15) is 0 Å². The first-order chi connectivity index (χ1) is 9.89. The lowest BCUT2D eigenvalue weighted by molar-refractivity contribution is 0.213. The molecule has 1 aromatic rings. The Labute approximate surface area is 135 Å². The van der Waals surface area contributed by atoms with Crippen molar-refractivity contribution in [3.63, 3.8) is 0 Å². The molecule has 1 saturated carbocycles. The molecule has 1 fully saturated rings. The Bertz CT molecular complexity index is 449. The van der Waals surface area contributed by atoms with Gasteiger partial charge < -0.3 is 5.32 Å². The molecule has 0 radical (unpaired) electrons. The van der Waals surface area contributed by atoms with E-state index < -0.39 is 0 Å². The SMILES string of the molecule is CCC1CCC(CNC(C)(C)C)C(c2cccc(Cl)c2)C1. The van der Waals surface area contributed by atoms with Gasteiger partial charge in [0.25, 0.3) is 0 Å². The van der Waals surface area contributed by atoms with Crippen LogP contribution in [-0.2, 0) is 0 Å². The number of rotatable bonds is 4. The second kappa shape index (κ2) is 7.15. The van der Waals surface area contributed by atoms with Crippen molar-refractivity contribution < 1.29 is 0 Å². The summed E-state index contributed by atoms with van der Waals surface area (Å²) in [4.78, 5) is 0. The molecule has 1 aromatic carbocycles. The molecule has 1 aliphatic carbocycles. The lowest BCUT2D eigenvalue weighted by Crippen LogP contribution is -2.41. The summed E-state index contributed by atoms with van der Waals surface area (Å²) in [6.07, 6.45) is 5.33. The maximum atomic E-state index is 6.22. The van der Waals surface area contributed by atoms with Crippen LogP contribution < -0.4 is 5.32 Å². The molecule has 3 atom stereocenters. The molecule has 0 amide bonds. The van der Waals surface area contributed by atoms with Gasteiger partial charge in [0, 0.05) is 10.6 Å². The van der Waals surface area contributed by atoms with Crippen LogP contribution in [0.5, 0.6) is 0 Å². The van der Waals surface area contributed by atoms with Crippen molar-refractivity contribution >= 4 is 11.6 Å². The molecule has 118 valence electrons. The topological polar surface area (TPSA) is 12.0 Å². The Hall–Kier alpha value is -0.530. The van der Waals surface area contributed by atoms with Crippen molar-refractivity contribution in [3.8, 4) is 0 Å². The predicted molar refractivity (Wildman–Crippen MR) is 93.1 cm³/mol. The third kappa shape index (κ3) is 5.00. The van der Waals surface area contributed by atoms with Gasteiger partial charge in [0.05, 0.1) is 0 Å². The van der Waals surface area contributed by atoms with Crippen LogP contribution in [0.1, 0.15) is 64.9 Å². The van der Waals surface area contributed by atoms with Gasteiger partial charge in [0.2, 0.25) is 0 Å². The number of halogens is 1. The maximum absolute atomic E-state index is 6.22. The molecule has 3 unspecified atom stereocenters. The van der Waals surface area contributed by atoms with Crippen LogP contribution in [0, 0.1) is 11.8 Å². The summed E-state index contributed by atoms with van der Waals surface area (Å²) in [6.45, 7) is 10.2. The van der Waals surface area contributed by atoms with Crippen LogP contribution in [-0.4, -0.2) is 12.1 Å². The number of benzene rings is 1. The Morgan fingerprint density at radius 2 is 2.00 bits per heavy atom. The molecule has 1 nitrogen and oxygen atoms in total. The summed E-state index contributed by atoms with van der Waals surface area (Å²) >= 11 is 6.22. The van der Waals surface area contributed by atoms with Gasteiger partial charge in [-0.15, -0.1) is 0 Å². The molecule has 2 heteroatoms. The lowest BCUT2D eigenvalue weighted by Gasteiger charge is -2.38. The summed E-state index contributed by atoms with van der Waals surface area (Å²) in [6, 6.07) is 8.52. The van der Waals surface area contributed by atoms with Gasteiger partial charge >= 0.3 is 0 Å². The van der Waals surface area contributed by atoms with E-state index in [0.717, 1.165) is 23.4 Å². The van der Waals surface area contributed by atoms with Crippen molar-refractivity contribution in [1.82, 2.24) is 5.32 Å². The zero-order valence-corrected chi connectivity index (χ0v) is 14.7. The van der Waals surface area contributed by atoms with E-state index in [0.29, 0.717) is 5.92 Å². The highest BCUT2D eigenvalue weighted by atomic mass is 35.5. The summed E-state index contributed by atoms with van der Waals surface area (Å²) in [5.41, 5.74) is 1.63. The van der Waals surface area contributed by atoms with Crippen molar-refractivity contribution in [2.75, 3.05) is 6.54 Å². The number of hydrogen-bond acceptors (Lipinski definition) is 1. The molecule has 21 heavy (non-hydrogen) atoms. The van der Waals surface area contributed by atoms with Crippen LogP contribution >= 0.6 is 11.6 Å². The number of nitrogens with one attached hydrogen (secondary N) is 1. The molecule has 2 rings (SSSR count).